The molecule has 0 saturated carbocycles. The van der Waals surface area contributed by atoms with Crippen LogP contribution in [-0.2, 0) is 6.42 Å². The van der Waals surface area contributed by atoms with Gasteiger partial charge in [0.1, 0.15) is 5.69 Å². The summed E-state index contributed by atoms with van der Waals surface area (Å²) in [5.41, 5.74) is 1.39. The van der Waals surface area contributed by atoms with E-state index in [0.717, 1.165) is 0 Å². The predicted molar refractivity (Wildman–Crippen MR) is 58.7 cm³/mol. The van der Waals surface area contributed by atoms with Crippen LogP contribution in [0.15, 0.2) is 23.0 Å². The molecular weight excluding hydrogens is 208 g/mol. The Bertz CT molecular complexity index is 616. The highest BCUT2D eigenvalue weighted by molar-refractivity contribution is 5.92. The number of carbonyl (C=O) groups is 1. The van der Waals surface area contributed by atoms with Crippen LogP contribution >= 0.6 is 0 Å². The number of fused-ring (bicyclic) bond motifs is 1. The molecule has 2 aromatic rings. The Morgan fingerprint density at radius 2 is 2.25 bits per heavy atom. The highest BCUT2D eigenvalue weighted by Gasteiger charge is 2.07. The molecule has 82 valence electrons. The average Bonchev–Trinajstić information content (AvgIpc) is 2.27. The van der Waals surface area contributed by atoms with E-state index in [2.05, 4.69) is 9.97 Å². The van der Waals surface area contributed by atoms with Gasteiger partial charge in [0.25, 0.3) is 5.56 Å². The Morgan fingerprint density at radius 3 is 2.88 bits per heavy atom. The molecule has 16 heavy (non-hydrogen) atoms. The summed E-state index contributed by atoms with van der Waals surface area (Å²) in [6, 6.07) is 4.44. The number of aromatic nitrogens is 2. The number of hydrogen-bond acceptors (Lipinski definition) is 3. The number of nitrogens with one attached hydrogen (secondary N) is 1. The maximum Gasteiger partial charge on any atom is 0.335 e. The van der Waals surface area contributed by atoms with E-state index in [9.17, 15) is 9.59 Å². The highest BCUT2D eigenvalue weighted by Crippen LogP contribution is 2.10. The molecule has 0 atom stereocenters. The molecule has 0 bridgehead atoms. The molecule has 0 spiro atoms. The molecule has 0 radical (unpaired) electrons. The van der Waals surface area contributed by atoms with Crippen molar-refractivity contribution in [2.75, 3.05) is 0 Å². The summed E-state index contributed by atoms with van der Waals surface area (Å²) < 4.78 is 0. The standard InChI is InChI=1S/C11H10N2O3/c1-2-7-10(14)13-8-4-3-6(11(15)16)5-9(8)12-7/h3-5H,2H2,1H3,(H,13,14)(H,15,16). The second-order valence-corrected chi connectivity index (χ2v) is 3.40. The number of aromatic carboxylic acids is 1. The summed E-state index contributed by atoms with van der Waals surface area (Å²) in [4.78, 5) is 29.0. The van der Waals surface area contributed by atoms with E-state index < -0.39 is 5.97 Å². The first kappa shape index (κ1) is 10.4. The number of carboxylic acids is 1. The molecular formula is C11H10N2O3. The van der Waals surface area contributed by atoms with Crippen molar-refractivity contribution in [3.8, 4) is 0 Å². The number of rotatable bonds is 2. The van der Waals surface area contributed by atoms with E-state index in [4.69, 9.17) is 5.11 Å². The lowest BCUT2D eigenvalue weighted by molar-refractivity contribution is 0.0697. The minimum absolute atomic E-state index is 0.161. The highest BCUT2D eigenvalue weighted by atomic mass is 16.4. The van der Waals surface area contributed by atoms with Crippen LogP contribution in [-0.4, -0.2) is 21.0 Å². The fourth-order valence-corrected chi connectivity index (χ4v) is 1.49. The topological polar surface area (TPSA) is 83.0 Å². The van der Waals surface area contributed by atoms with Gasteiger partial charge in [-0.25, -0.2) is 9.78 Å². The van der Waals surface area contributed by atoms with Gasteiger partial charge in [-0.2, -0.15) is 0 Å². The van der Waals surface area contributed by atoms with Gasteiger partial charge in [-0.1, -0.05) is 6.92 Å². The maximum atomic E-state index is 11.4. The molecule has 0 unspecified atom stereocenters. The minimum atomic E-state index is -1.01. The summed E-state index contributed by atoms with van der Waals surface area (Å²) in [6.07, 6.45) is 0.516. The predicted octanol–water partition coefficient (Wildman–Crippen LogP) is 1.18. The summed E-state index contributed by atoms with van der Waals surface area (Å²) in [5.74, 6) is -1.01. The molecule has 2 N–H and O–H groups in total. The van der Waals surface area contributed by atoms with Crippen molar-refractivity contribution in [3.63, 3.8) is 0 Å². The Hall–Kier alpha value is -2.17. The van der Waals surface area contributed by atoms with Gasteiger partial charge in [-0.05, 0) is 24.6 Å². The van der Waals surface area contributed by atoms with E-state index in [1.807, 2.05) is 6.92 Å². The zero-order valence-corrected chi connectivity index (χ0v) is 8.65. The molecule has 0 saturated heterocycles. The Morgan fingerprint density at radius 1 is 1.50 bits per heavy atom. The Labute approximate surface area is 90.8 Å². The number of nitrogens with zero attached hydrogens (tertiary/aromatic N) is 1. The maximum absolute atomic E-state index is 11.4. The average molecular weight is 218 g/mol. The number of aromatic amines is 1. The molecule has 0 aliphatic carbocycles. The molecule has 0 aliphatic rings. The van der Waals surface area contributed by atoms with Crippen molar-refractivity contribution in [1.82, 2.24) is 9.97 Å². The van der Waals surface area contributed by atoms with Gasteiger partial charge in [0, 0.05) is 0 Å². The van der Waals surface area contributed by atoms with Crippen molar-refractivity contribution in [1.29, 1.82) is 0 Å². The second kappa shape index (κ2) is 3.77. The van der Waals surface area contributed by atoms with Gasteiger partial charge in [-0.3, -0.25) is 4.79 Å². The third kappa shape index (κ3) is 1.67. The van der Waals surface area contributed by atoms with Crippen molar-refractivity contribution in [3.05, 3.63) is 39.8 Å². The van der Waals surface area contributed by atoms with E-state index in [-0.39, 0.29) is 11.1 Å². The van der Waals surface area contributed by atoms with E-state index in [0.29, 0.717) is 23.1 Å². The second-order valence-electron chi connectivity index (χ2n) is 3.40. The van der Waals surface area contributed by atoms with Crippen LogP contribution in [0, 0.1) is 0 Å². The lowest BCUT2D eigenvalue weighted by Gasteiger charge is -2.01. The zero-order chi connectivity index (χ0) is 11.7. The fourth-order valence-electron chi connectivity index (χ4n) is 1.49. The minimum Gasteiger partial charge on any atom is -0.478 e. The van der Waals surface area contributed by atoms with Crippen molar-refractivity contribution < 1.29 is 9.90 Å². The monoisotopic (exact) mass is 218 g/mol. The van der Waals surface area contributed by atoms with E-state index >= 15 is 0 Å². The lowest BCUT2D eigenvalue weighted by Crippen LogP contribution is -2.14. The van der Waals surface area contributed by atoms with Crippen LogP contribution in [0.4, 0.5) is 0 Å². The molecule has 5 nitrogen and oxygen atoms in total. The van der Waals surface area contributed by atoms with Crippen LogP contribution in [0.3, 0.4) is 0 Å². The number of aryl methyl sites for hydroxylation is 1. The van der Waals surface area contributed by atoms with Gasteiger partial charge in [0.05, 0.1) is 16.6 Å². The van der Waals surface area contributed by atoms with Crippen molar-refractivity contribution in [2.24, 2.45) is 0 Å². The van der Waals surface area contributed by atoms with Gasteiger partial charge < -0.3 is 10.1 Å². The summed E-state index contributed by atoms with van der Waals surface area (Å²) in [6.45, 7) is 1.82. The van der Waals surface area contributed by atoms with Crippen molar-refractivity contribution in [2.45, 2.75) is 13.3 Å². The van der Waals surface area contributed by atoms with Crippen LogP contribution < -0.4 is 5.56 Å². The molecule has 1 aromatic heterocycles. The molecule has 0 fully saturated rings. The van der Waals surface area contributed by atoms with Gasteiger partial charge >= 0.3 is 5.97 Å². The molecule has 5 heteroatoms. The van der Waals surface area contributed by atoms with Gasteiger partial charge in [0.2, 0.25) is 0 Å². The summed E-state index contributed by atoms with van der Waals surface area (Å²) in [7, 11) is 0. The van der Waals surface area contributed by atoms with Crippen LogP contribution in [0.1, 0.15) is 23.0 Å². The third-order valence-corrected chi connectivity index (χ3v) is 2.35. The summed E-state index contributed by atoms with van der Waals surface area (Å²) in [5, 5.41) is 8.83. The molecule has 2 rings (SSSR count). The van der Waals surface area contributed by atoms with Gasteiger partial charge in [-0.15, -0.1) is 0 Å². The van der Waals surface area contributed by atoms with Gasteiger partial charge in [0.15, 0.2) is 0 Å². The first-order valence-electron chi connectivity index (χ1n) is 4.88. The molecule has 0 amide bonds. The number of benzene rings is 1. The van der Waals surface area contributed by atoms with Crippen LogP contribution in [0.5, 0.6) is 0 Å². The Kier molecular flexibility index (Phi) is 2.44. The fraction of sp³-hybridized carbons (Fsp3) is 0.182. The number of H-pyrrole nitrogens is 1. The SMILES string of the molecule is CCc1nc2cc(C(=O)O)ccc2[nH]c1=O. The number of hydrogen-bond donors (Lipinski definition) is 2. The first-order chi connectivity index (χ1) is 7.61. The number of carboxylic acid groups (broad SMARTS) is 1. The smallest absolute Gasteiger partial charge is 0.335 e. The Balaban J connectivity index is 2.73. The largest absolute Gasteiger partial charge is 0.478 e. The molecule has 1 aromatic carbocycles. The van der Waals surface area contributed by atoms with E-state index in [1.54, 1.807) is 6.07 Å². The lowest BCUT2D eigenvalue weighted by atomic mass is 10.2. The van der Waals surface area contributed by atoms with Crippen LogP contribution in [0.25, 0.3) is 11.0 Å². The molecule has 1 heterocycles. The quantitative estimate of drug-likeness (QED) is 0.792. The zero-order valence-electron chi connectivity index (χ0n) is 8.65. The summed E-state index contributed by atoms with van der Waals surface area (Å²) >= 11 is 0. The van der Waals surface area contributed by atoms with E-state index in [1.165, 1.54) is 12.1 Å². The molecule has 0 aliphatic heterocycles. The van der Waals surface area contributed by atoms with Crippen LogP contribution in [0.2, 0.25) is 0 Å². The third-order valence-electron chi connectivity index (χ3n) is 2.35. The normalized spacial score (nSPS) is 10.6. The van der Waals surface area contributed by atoms with Crippen molar-refractivity contribution >= 4 is 17.0 Å². The first-order valence-corrected chi connectivity index (χ1v) is 4.88.